The van der Waals surface area contributed by atoms with Gasteiger partial charge in [0, 0.05) is 19.6 Å². The first kappa shape index (κ1) is 12.5. The Bertz CT molecular complexity index is 482. The molecule has 1 fully saturated rings. The summed E-state index contributed by atoms with van der Waals surface area (Å²) in [7, 11) is 0. The second-order valence-corrected chi connectivity index (χ2v) is 5.07. The summed E-state index contributed by atoms with van der Waals surface area (Å²) >= 11 is 0. The van der Waals surface area contributed by atoms with Gasteiger partial charge in [0.2, 0.25) is 0 Å². The van der Waals surface area contributed by atoms with Crippen LogP contribution in [0, 0.1) is 16.7 Å². The van der Waals surface area contributed by atoms with E-state index in [1.807, 2.05) is 0 Å². The van der Waals surface area contributed by atoms with E-state index >= 15 is 0 Å². The number of nitriles is 1. The lowest BCUT2D eigenvalue weighted by molar-refractivity contribution is 0.0938. The van der Waals surface area contributed by atoms with Crippen molar-refractivity contribution in [3.05, 3.63) is 11.9 Å². The molecule has 0 atom stereocenters. The molecule has 96 valence electrons. The third-order valence-electron chi connectivity index (χ3n) is 2.87. The van der Waals surface area contributed by atoms with Crippen molar-refractivity contribution in [3.63, 3.8) is 0 Å². The van der Waals surface area contributed by atoms with Crippen molar-refractivity contribution in [2.45, 2.75) is 19.9 Å². The molecule has 7 nitrogen and oxygen atoms in total. The SMILES string of the molecule is CC(C)(C#N)CNC(=O)c1cn(C2CNC2)nn1. The molecule has 1 aliphatic heterocycles. The Morgan fingerprint density at radius 1 is 1.72 bits per heavy atom. The maximum atomic E-state index is 11.8. The third-order valence-corrected chi connectivity index (χ3v) is 2.87. The molecule has 0 aromatic carbocycles. The number of amides is 1. The van der Waals surface area contributed by atoms with Gasteiger partial charge in [-0.1, -0.05) is 5.21 Å². The van der Waals surface area contributed by atoms with Gasteiger partial charge in [0.1, 0.15) is 0 Å². The molecule has 2 rings (SSSR count). The highest BCUT2D eigenvalue weighted by atomic mass is 16.2. The van der Waals surface area contributed by atoms with Crippen LogP contribution in [-0.4, -0.2) is 40.5 Å². The van der Waals surface area contributed by atoms with E-state index in [0.717, 1.165) is 13.1 Å². The summed E-state index contributed by atoms with van der Waals surface area (Å²) in [5, 5.41) is 22.4. The average Bonchev–Trinajstić information content (AvgIpc) is 2.73. The minimum atomic E-state index is -0.580. The Labute approximate surface area is 105 Å². The average molecular weight is 248 g/mol. The largest absolute Gasteiger partial charge is 0.349 e. The Morgan fingerprint density at radius 2 is 2.44 bits per heavy atom. The van der Waals surface area contributed by atoms with Crippen LogP contribution in [0.4, 0.5) is 0 Å². The van der Waals surface area contributed by atoms with Crippen LogP contribution in [0.5, 0.6) is 0 Å². The summed E-state index contributed by atoms with van der Waals surface area (Å²) in [6.45, 7) is 5.53. The normalized spacial score (nSPS) is 15.8. The minimum Gasteiger partial charge on any atom is -0.349 e. The summed E-state index contributed by atoms with van der Waals surface area (Å²) in [5.41, 5.74) is -0.292. The predicted octanol–water partition coefficient (Wildman–Crippen LogP) is -0.298. The molecule has 1 aromatic heterocycles. The van der Waals surface area contributed by atoms with Gasteiger partial charge in [0.25, 0.3) is 5.91 Å². The Kier molecular flexibility index (Phi) is 3.30. The van der Waals surface area contributed by atoms with Gasteiger partial charge in [-0.25, -0.2) is 4.68 Å². The second kappa shape index (κ2) is 4.74. The van der Waals surface area contributed by atoms with Crippen LogP contribution in [0.25, 0.3) is 0 Å². The number of carbonyl (C=O) groups excluding carboxylic acids is 1. The summed E-state index contributed by atoms with van der Waals surface area (Å²) < 4.78 is 1.70. The van der Waals surface area contributed by atoms with E-state index < -0.39 is 5.41 Å². The number of nitrogens with one attached hydrogen (secondary N) is 2. The van der Waals surface area contributed by atoms with Crippen molar-refractivity contribution in [1.29, 1.82) is 5.26 Å². The highest BCUT2D eigenvalue weighted by molar-refractivity contribution is 5.91. The number of aromatic nitrogens is 3. The van der Waals surface area contributed by atoms with Crippen molar-refractivity contribution in [1.82, 2.24) is 25.6 Å². The van der Waals surface area contributed by atoms with Gasteiger partial charge in [-0.05, 0) is 13.8 Å². The van der Waals surface area contributed by atoms with E-state index in [1.165, 1.54) is 0 Å². The van der Waals surface area contributed by atoms with Crippen molar-refractivity contribution in [2.24, 2.45) is 5.41 Å². The fraction of sp³-hybridized carbons (Fsp3) is 0.636. The Balaban J connectivity index is 1.93. The molecule has 1 amide bonds. The highest BCUT2D eigenvalue weighted by Gasteiger charge is 2.23. The molecule has 1 saturated heterocycles. The molecular formula is C11H16N6O. The molecule has 0 aliphatic carbocycles. The lowest BCUT2D eigenvalue weighted by Gasteiger charge is -2.26. The standard InChI is InChI=1S/C11H16N6O/c1-11(2,6-12)7-14-10(18)9-5-17(16-15-9)8-3-13-4-8/h5,8,13H,3-4,7H2,1-2H3,(H,14,18). The summed E-state index contributed by atoms with van der Waals surface area (Å²) in [6.07, 6.45) is 1.64. The van der Waals surface area contributed by atoms with Gasteiger partial charge in [-0.2, -0.15) is 5.26 Å². The van der Waals surface area contributed by atoms with E-state index in [-0.39, 0.29) is 17.6 Å². The highest BCUT2D eigenvalue weighted by Crippen LogP contribution is 2.12. The lowest BCUT2D eigenvalue weighted by Crippen LogP contribution is -2.43. The number of carbonyl (C=O) groups is 1. The zero-order chi connectivity index (χ0) is 13.2. The van der Waals surface area contributed by atoms with Gasteiger partial charge in [0.05, 0.1) is 23.7 Å². The molecule has 2 N–H and O–H groups in total. The fourth-order valence-electron chi connectivity index (χ4n) is 1.45. The van der Waals surface area contributed by atoms with Crippen molar-refractivity contribution in [2.75, 3.05) is 19.6 Å². The Morgan fingerprint density at radius 3 is 3.00 bits per heavy atom. The lowest BCUT2D eigenvalue weighted by atomic mass is 9.96. The van der Waals surface area contributed by atoms with Crippen LogP contribution in [0.15, 0.2) is 6.20 Å². The van der Waals surface area contributed by atoms with Crippen molar-refractivity contribution in [3.8, 4) is 6.07 Å². The monoisotopic (exact) mass is 248 g/mol. The minimum absolute atomic E-state index is 0.287. The van der Waals surface area contributed by atoms with Crippen LogP contribution in [0.1, 0.15) is 30.4 Å². The molecule has 1 aliphatic rings. The van der Waals surface area contributed by atoms with Crippen LogP contribution in [-0.2, 0) is 0 Å². The zero-order valence-electron chi connectivity index (χ0n) is 10.5. The van der Waals surface area contributed by atoms with Crippen molar-refractivity contribution >= 4 is 5.91 Å². The molecule has 18 heavy (non-hydrogen) atoms. The molecule has 0 unspecified atom stereocenters. The molecule has 2 heterocycles. The summed E-state index contributed by atoms with van der Waals surface area (Å²) in [4.78, 5) is 11.8. The maximum Gasteiger partial charge on any atom is 0.273 e. The van der Waals surface area contributed by atoms with E-state index in [2.05, 4.69) is 27.0 Å². The molecule has 0 radical (unpaired) electrons. The number of hydrogen-bond donors (Lipinski definition) is 2. The van der Waals surface area contributed by atoms with Crippen LogP contribution >= 0.6 is 0 Å². The topological polar surface area (TPSA) is 95.6 Å². The number of rotatable bonds is 4. The first-order chi connectivity index (χ1) is 8.52. The third kappa shape index (κ3) is 2.65. The molecule has 1 aromatic rings. The van der Waals surface area contributed by atoms with E-state index in [0.29, 0.717) is 6.54 Å². The first-order valence-corrected chi connectivity index (χ1v) is 5.84. The molecule has 0 bridgehead atoms. The smallest absolute Gasteiger partial charge is 0.273 e. The summed E-state index contributed by atoms with van der Waals surface area (Å²) in [6, 6.07) is 2.41. The van der Waals surface area contributed by atoms with Crippen LogP contribution in [0.2, 0.25) is 0 Å². The van der Waals surface area contributed by atoms with Gasteiger partial charge in [0.15, 0.2) is 5.69 Å². The van der Waals surface area contributed by atoms with Crippen molar-refractivity contribution < 1.29 is 4.79 Å². The number of hydrogen-bond acceptors (Lipinski definition) is 5. The number of nitrogens with zero attached hydrogens (tertiary/aromatic N) is 4. The zero-order valence-corrected chi connectivity index (χ0v) is 10.5. The molecule has 7 heteroatoms. The second-order valence-electron chi connectivity index (χ2n) is 5.07. The quantitative estimate of drug-likeness (QED) is 0.762. The Hall–Kier alpha value is -1.94. The molecular weight excluding hydrogens is 232 g/mol. The van der Waals surface area contributed by atoms with Gasteiger partial charge >= 0.3 is 0 Å². The first-order valence-electron chi connectivity index (χ1n) is 5.84. The van der Waals surface area contributed by atoms with E-state index in [1.54, 1.807) is 24.7 Å². The maximum absolute atomic E-state index is 11.8. The summed E-state index contributed by atoms with van der Waals surface area (Å²) in [5.74, 6) is -0.295. The molecule has 0 saturated carbocycles. The predicted molar refractivity (Wildman–Crippen MR) is 63.7 cm³/mol. The van der Waals surface area contributed by atoms with Gasteiger partial charge in [-0.15, -0.1) is 5.10 Å². The van der Waals surface area contributed by atoms with Crippen LogP contribution in [0.3, 0.4) is 0 Å². The van der Waals surface area contributed by atoms with E-state index in [9.17, 15) is 4.79 Å². The molecule has 0 spiro atoms. The van der Waals surface area contributed by atoms with E-state index in [4.69, 9.17) is 5.26 Å². The van der Waals surface area contributed by atoms with Crippen LogP contribution < -0.4 is 10.6 Å². The fourth-order valence-corrected chi connectivity index (χ4v) is 1.45. The van der Waals surface area contributed by atoms with Gasteiger partial charge in [-0.3, -0.25) is 4.79 Å². The van der Waals surface area contributed by atoms with Gasteiger partial charge < -0.3 is 10.6 Å².